The molecule has 5 nitrogen and oxygen atoms in total. The van der Waals surface area contributed by atoms with Crippen LogP contribution in [0.4, 0.5) is 5.69 Å². The normalized spacial score (nSPS) is 10.5. The van der Waals surface area contributed by atoms with Gasteiger partial charge < -0.3 is 19.5 Å². The third-order valence-electron chi connectivity index (χ3n) is 3.66. The van der Waals surface area contributed by atoms with Crippen molar-refractivity contribution < 1.29 is 19.0 Å². The van der Waals surface area contributed by atoms with Crippen LogP contribution in [0, 0.1) is 0 Å². The molecule has 0 heterocycles. The molecule has 0 saturated carbocycles. The van der Waals surface area contributed by atoms with E-state index in [-0.39, 0.29) is 12.5 Å². The van der Waals surface area contributed by atoms with E-state index < -0.39 is 0 Å². The number of amides is 1. The summed E-state index contributed by atoms with van der Waals surface area (Å²) in [6.07, 6.45) is 0. The summed E-state index contributed by atoms with van der Waals surface area (Å²) in [4.78, 5) is 12.2. The molecule has 6 heteroatoms. The van der Waals surface area contributed by atoms with Gasteiger partial charge in [-0.05, 0) is 39.5 Å². The lowest BCUT2D eigenvalue weighted by molar-refractivity contribution is -0.118. The van der Waals surface area contributed by atoms with Crippen molar-refractivity contribution in [3.8, 4) is 17.2 Å². The van der Waals surface area contributed by atoms with Gasteiger partial charge in [-0.25, -0.2) is 0 Å². The standard InChI is InChI=1S/C19H22BrNO4/c1-12(2)13-5-7-14(8-6-13)25-11-19(22)21-16-10-17(23-3)15(20)9-18(16)24-4/h5-10,12H,11H2,1-4H3,(H,21,22). The second-order valence-corrected chi connectivity index (χ2v) is 6.60. The number of nitrogens with one attached hydrogen (secondary N) is 1. The van der Waals surface area contributed by atoms with Gasteiger partial charge in [-0.2, -0.15) is 0 Å². The van der Waals surface area contributed by atoms with Crippen LogP contribution in [0.5, 0.6) is 17.2 Å². The van der Waals surface area contributed by atoms with Crippen molar-refractivity contribution in [1.29, 1.82) is 0 Å². The van der Waals surface area contributed by atoms with Gasteiger partial charge >= 0.3 is 0 Å². The number of carbonyl (C=O) groups excluding carboxylic acids is 1. The highest BCUT2D eigenvalue weighted by Gasteiger charge is 2.13. The van der Waals surface area contributed by atoms with Crippen LogP contribution in [-0.2, 0) is 4.79 Å². The number of hydrogen-bond acceptors (Lipinski definition) is 4. The molecule has 134 valence electrons. The molecule has 0 aliphatic carbocycles. The van der Waals surface area contributed by atoms with Crippen LogP contribution in [0.15, 0.2) is 40.9 Å². The summed E-state index contributed by atoms with van der Waals surface area (Å²) in [5.41, 5.74) is 1.75. The van der Waals surface area contributed by atoms with E-state index in [4.69, 9.17) is 14.2 Å². The van der Waals surface area contributed by atoms with Crippen molar-refractivity contribution in [2.75, 3.05) is 26.1 Å². The first-order valence-electron chi connectivity index (χ1n) is 7.88. The Labute approximate surface area is 156 Å². The van der Waals surface area contributed by atoms with Crippen LogP contribution in [0.1, 0.15) is 25.3 Å². The molecule has 1 N–H and O–H groups in total. The van der Waals surface area contributed by atoms with E-state index in [0.29, 0.717) is 28.9 Å². The minimum atomic E-state index is -0.282. The minimum absolute atomic E-state index is 0.0947. The van der Waals surface area contributed by atoms with Gasteiger partial charge in [0.2, 0.25) is 0 Å². The summed E-state index contributed by atoms with van der Waals surface area (Å²) in [6.45, 7) is 4.16. The van der Waals surface area contributed by atoms with Gasteiger partial charge in [0.05, 0.1) is 24.4 Å². The van der Waals surface area contributed by atoms with Crippen LogP contribution in [-0.4, -0.2) is 26.7 Å². The van der Waals surface area contributed by atoms with Gasteiger partial charge in [0.25, 0.3) is 5.91 Å². The maximum atomic E-state index is 12.2. The molecule has 0 saturated heterocycles. The zero-order valence-electron chi connectivity index (χ0n) is 14.8. The highest BCUT2D eigenvalue weighted by atomic mass is 79.9. The third-order valence-corrected chi connectivity index (χ3v) is 4.28. The summed E-state index contributed by atoms with van der Waals surface area (Å²) < 4.78 is 16.8. The van der Waals surface area contributed by atoms with Crippen LogP contribution < -0.4 is 19.5 Å². The Morgan fingerprint density at radius 2 is 1.72 bits per heavy atom. The van der Waals surface area contributed by atoms with Crippen molar-refractivity contribution in [2.24, 2.45) is 0 Å². The van der Waals surface area contributed by atoms with E-state index >= 15 is 0 Å². The largest absolute Gasteiger partial charge is 0.495 e. The highest BCUT2D eigenvalue weighted by Crippen LogP contribution is 2.36. The number of methoxy groups -OCH3 is 2. The Morgan fingerprint density at radius 1 is 1.08 bits per heavy atom. The Balaban J connectivity index is 2.00. The van der Waals surface area contributed by atoms with E-state index in [1.165, 1.54) is 12.7 Å². The molecule has 0 bridgehead atoms. The molecule has 0 fully saturated rings. The number of anilines is 1. The number of rotatable bonds is 7. The molecule has 0 spiro atoms. The maximum Gasteiger partial charge on any atom is 0.262 e. The lowest BCUT2D eigenvalue weighted by Crippen LogP contribution is -2.20. The maximum absolute atomic E-state index is 12.2. The minimum Gasteiger partial charge on any atom is -0.495 e. The van der Waals surface area contributed by atoms with Gasteiger partial charge in [0.1, 0.15) is 17.2 Å². The zero-order chi connectivity index (χ0) is 18.4. The number of halogens is 1. The Kier molecular flexibility index (Phi) is 6.70. The van der Waals surface area contributed by atoms with Gasteiger partial charge in [0.15, 0.2) is 6.61 Å². The average molecular weight is 408 g/mol. The molecule has 25 heavy (non-hydrogen) atoms. The third kappa shape index (κ3) is 5.13. The number of ether oxygens (including phenoxy) is 3. The SMILES string of the molecule is COc1cc(NC(=O)COc2ccc(C(C)C)cc2)c(OC)cc1Br. The second kappa shape index (κ2) is 8.76. The molecule has 2 rings (SSSR count). The highest BCUT2D eigenvalue weighted by molar-refractivity contribution is 9.10. The molecule has 2 aromatic rings. The number of hydrogen-bond donors (Lipinski definition) is 1. The Bertz CT molecular complexity index is 729. The van der Waals surface area contributed by atoms with E-state index in [2.05, 4.69) is 35.1 Å². The molecule has 0 radical (unpaired) electrons. The first-order chi connectivity index (χ1) is 11.9. The first-order valence-corrected chi connectivity index (χ1v) is 8.68. The van der Waals surface area contributed by atoms with Crippen molar-refractivity contribution in [2.45, 2.75) is 19.8 Å². The topological polar surface area (TPSA) is 56.8 Å². The second-order valence-electron chi connectivity index (χ2n) is 5.75. The number of carbonyl (C=O) groups is 1. The predicted molar refractivity (Wildman–Crippen MR) is 102 cm³/mol. The average Bonchev–Trinajstić information content (AvgIpc) is 2.61. The molecule has 0 unspecified atom stereocenters. The van der Waals surface area contributed by atoms with Crippen LogP contribution in [0.2, 0.25) is 0 Å². The van der Waals surface area contributed by atoms with Gasteiger partial charge in [-0.15, -0.1) is 0 Å². The molecular formula is C19H22BrNO4. The zero-order valence-corrected chi connectivity index (χ0v) is 16.3. The van der Waals surface area contributed by atoms with E-state index in [1.54, 1.807) is 19.2 Å². The van der Waals surface area contributed by atoms with Crippen LogP contribution in [0.3, 0.4) is 0 Å². The summed E-state index contributed by atoms with van der Waals surface area (Å²) in [5.74, 6) is 1.95. The molecular weight excluding hydrogens is 386 g/mol. The van der Waals surface area contributed by atoms with Gasteiger partial charge in [0, 0.05) is 12.1 Å². The van der Waals surface area contributed by atoms with Gasteiger partial charge in [-0.3, -0.25) is 4.79 Å². The fourth-order valence-electron chi connectivity index (χ4n) is 2.24. The fraction of sp³-hybridized carbons (Fsp3) is 0.316. The monoisotopic (exact) mass is 407 g/mol. The van der Waals surface area contributed by atoms with Crippen LogP contribution >= 0.6 is 15.9 Å². The molecule has 1 amide bonds. The lowest BCUT2D eigenvalue weighted by atomic mass is 10.0. The lowest BCUT2D eigenvalue weighted by Gasteiger charge is -2.14. The van der Waals surface area contributed by atoms with E-state index in [9.17, 15) is 4.79 Å². The summed E-state index contributed by atoms with van der Waals surface area (Å²) in [6, 6.07) is 11.2. The Morgan fingerprint density at radius 3 is 2.28 bits per heavy atom. The predicted octanol–water partition coefficient (Wildman–Crippen LogP) is 4.61. The Hall–Kier alpha value is -2.21. The van der Waals surface area contributed by atoms with Crippen molar-refractivity contribution in [3.63, 3.8) is 0 Å². The van der Waals surface area contributed by atoms with Gasteiger partial charge in [-0.1, -0.05) is 26.0 Å². The fourth-order valence-corrected chi connectivity index (χ4v) is 2.73. The number of benzene rings is 2. The van der Waals surface area contributed by atoms with Crippen molar-refractivity contribution >= 4 is 27.5 Å². The van der Waals surface area contributed by atoms with E-state index in [1.807, 2.05) is 24.3 Å². The van der Waals surface area contributed by atoms with E-state index in [0.717, 1.165) is 4.47 Å². The summed E-state index contributed by atoms with van der Waals surface area (Å²) in [7, 11) is 3.10. The molecule has 2 aromatic carbocycles. The first kappa shape index (κ1) is 19.1. The van der Waals surface area contributed by atoms with Crippen molar-refractivity contribution in [3.05, 3.63) is 46.4 Å². The molecule has 0 aliphatic rings. The van der Waals surface area contributed by atoms with Crippen molar-refractivity contribution in [1.82, 2.24) is 0 Å². The smallest absolute Gasteiger partial charge is 0.262 e. The van der Waals surface area contributed by atoms with Crippen LogP contribution in [0.25, 0.3) is 0 Å². The molecule has 0 atom stereocenters. The molecule has 0 aromatic heterocycles. The molecule has 0 aliphatic heterocycles. The summed E-state index contributed by atoms with van der Waals surface area (Å²) in [5, 5.41) is 2.77. The summed E-state index contributed by atoms with van der Waals surface area (Å²) >= 11 is 3.38. The quantitative estimate of drug-likeness (QED) is 0.727.